The first-order valence-electron chi connectivity index (χ1n) is 11.9. The number of carbonyl (C=O) groups excluding carboxylic acids is 1. The number of hydrogen-bond acceptors (Lipinski definition) is 5. The first-order chi connectivity index (χ1) is 16.6. The molecule has 0 unspecified atom stereocenters. The largest absolute Gasteiger partial charge is 0.339 e. The van der Waals surface area contributed by atoms with E-state index < -0.39 is 0 Å². The predicted molar refractivity (Wildman–Crippen MR) is 128 cm³/mol. The minimum absolute atomic E-state index is 0.0351. The fourth-order valence-corrected chi connectivity index (χ4v) is 5.10. The third-order valence-corrected chi connectivity index (χ3v) is 7.19. The molecule has 2 atom stereocenters. The Balaban J connectivity index is 1.06. The summed E-state index contributed by atoms with van der Waals surface area (Å²) in [6.45, 7) is 3.39. The maximum Gasteiger partial charge on any atom is 0.317 e. The summed E-state index contributed by atoms with van der Waals surface area (Å²) in [6, 6.07) is 16.8. The zero-order valence-corrected chi connectivity index (χ0v) is 19.4. The van der Waals surface area contributed by atoms with Gasteiger partial charge in [-0.2, -0.15) is 10.1 Å². The number of urea groups is 1. The topological polar surface area (TPSA) is 89.1 Å². The number of fused-ring (bicyclic) bond motifs is 1. The minimum Gasteiger partial charge on any atom is -0.339 e. The summed E-state index contributed by atoms with van der Waals surface area (Å²) < 4.78 is 7.51. The number of carbonyl (C=O) groups is 1. The van der Waals surface area contributed by atoms with Gasteiger partial charge in [0, 0.05) is 49.0 Å². The second-order valence-corrected chi connectivity index (χ2v) is 9.47. The minimum atomic E-state index is 0.0351. The number of hydrogen-bond donors (Lipinski definition) is 1. The molecule has 34 heavy (non-hydrogen) atoms. The van der Waals surface area contributed by atoms with Gasteiger partial charge in [-0.05, 0) is 37.8 Å². The molecule has 8 nitrogen and oxygen atoms in total. The van der Waals surface area contributed by atoms with Gasteiger partial charge in [0.05, 0.1) is 11.2 Å². The molecule has 8 heteroatoms. The summed E-state index contributed by atoms with van der Waals surface area (Å²) in [5.41, 5.74) is 4.27. The number of rotatable bonds is 4. The van der Waals surface area contributed by atoms with Crippen LogP contribution in [0.3, 0.4) is 0 Å². The molecule has 4 aromatic rings. The van der Waals surface area contributed by atoms with Gasteiger partial charge in [-0.15, -0.1) is 0 Å². The molecule has 2 fully saturated rings. The highest BCUT2D eigenvalue weighted by Crippen LogP contribution is 2.41. The van der Waals surface area contributed by atoms with E-state index in [0.717, 1.165) is 41.4 Å². The van der Waals surface area contributed by atoms with E-state index in [2.05, 4.69) is 52.0 Å². The van der Waals surface area contributed by atoms with Crippen molar-refractivity contribution in [2.75, 3.05) is 13.1 Å². The van der Waals surface area contributed by atoms with E-state index in [1.807, 2.05) is 35.7 Å². The van der Waals surface area contributed by atoms with Gasteiger partial charge in [0.15, 0.2) is 0 Å². The quantitative estimate of drug-likeness (QED) is 0.492. The van der Waals surface area contributed by atoms with Gasteiger partial charge in [-0.25, -0.2) is 4.79 Å². The predicted octanol–water partition coefficient (Wildman–Crippen LogP) is 4.38. The van der Waals surface area contributed by atoms with Crippen LogP contribution < -0.4 is 5.32 Å². The number of aryl methyl sites for hydroxylation is 2. The van der Waals surface area contributed by atoms with Crippen molar-refractivity contribution in [2.45, 2.75) is 44.1 Å². The van der Waals surface area contributed by atoms with Crippen LogP contribution in [0.5, 0.6) is 0 Å². The normalized spacial score (nSPS) is 20.6. The highest BCUT2D eigenvalue weighted by molar-refractivity contribution is 5.85. The van der Waals surface area contributed by atoms with E-state index in [1.165, 1.54) is 5.56 Å². The number of benzene rings is 2. The van der Waals surface area contributed by atoms with Gasteiger partial charge >= 0.3 is 6.03 Å². The molecule has 1 aliphatic carbocycles. The fraction of sp³-hybridized carbons (Fsp3) is 0.385. The molecule has 1 N–H and O–H groups in total. The van der Waals surface area contributed by atoms with Crippen LogP contribution in [-0.2, 0) is 7.05 Å². The number of amides is 2. The Morgan fingerprint density at radius 3 is 2.71 bits per heavy atom. The maximum atomic E-state index is 12.8. The smallest absolute Gasteiger partial charge is 0.317 e. The molecular weight excluding hydrogens is 428 g/mol. The Hall–Kier alpha value is -3.68. The van der Waals surface area contributed by atoms with E-state index in [4.69, 9.17) is 9.51 Å². The summed E-state index contributed by atoms with van der Waals surface area (Å²) in [6.07, 6.45) is 2.66. The molecule has 0 spiro atoms. The molecule has 2 aromatic heterocycles. The third-order valence-electron chi connectivity index (χ3n) is 7.19. The van der Waals surface area contributed by atoms with Crippen molar-refractivity contribution in [3.63, 3.8) is 0 Å². The molecule has 1 aliphatic heterocycles. The Morgan fingerprint density at radius 2 is 1.91 bits per heavy atom. The molecule has 0 bridgehead atoms. The van der Waals surface area contributed by atoms with Crippen molar-refractivity contribution < 1.29 is 9.32 Å². The summed E-state index contributed by atoms with van der Waals surface area (Å²) in [5.74, 6) is 1.86. The zero-order valence-electron chi connectivity index (χ0n) is 19.4. The molecule has 2 amide bonds. The number of piperidine rings is 1. The van der Waals surface area contributed by atoms with Crippen molar-refractivity contribution in [2.24, 2.45) is 7.05 Å². The molecule has 174 valence electrons. The lowest BCUT2D eigenvalue weighted by atomic mass is 9.97. The van der Waals surface area contributed by atoms with E-state index >= 15 is 0 Å². The number of aromatic nitrogens is 4. The SMILES string of the molecule is Cc1nn(C)c2cc(-c3noc(C4CCN(C(=O)N[C@@H]5C[C@@H]5c5ccccc5)CC4)n3)ccc12. The molecule has 2 aliphatic rings. The second-order valence-electron chi connectivity index (χ2n) is 9.47. The van der Waals surface area contributed by atoms with Crippen LogP contribution in [0.1, 0.15) is 48.2 Å². The number of likely N-dealkylation sites (tertiary alicyclic amines) is 1. The Labute approximate surface area is 197 Å². The van der Waals surface area contributed by atoms with Crippen LogP contribution in [0.15, 0.2) is 53.1 Å². The standard InChI is InChI=1S/C26H28N6O2/c1-16-20-9-8-19(14-23(20)31(2)29-16)24-28-25(34-30-24)18-10-12-32(13-11-18)26(33)27-22-15-21(22)17-6-4-3-5-7-17/h3-9,14,18,21-22H,10-13,15H2,1-2H3,(H,27,33)/t21-,22-/m1/s1. The summed E-state index contributed by atoms with van der Waals surface area (Å²) >= 11 is 0. The molecule has 6 rings (SSSR count). The van der Waals surface area contributed by atoms with Gasteiger partial charge in [-0.1, -0.05) is 47.6 Å². The highest BCUT2D eigenvalue weighted by Gasteiger charge is 2.40. The number of nitrogens with zero attached hydrogens (tertiary/aromatic N) is 5. The van der Waals surface area contributed by atoms with Crippen molar-refractivity contribution in [3.8, 4) is 11.4 Å². The monoisotopic (exact) mass is 456 g/mol. The Bertz CT molecular complexity index is 1340. The fourth-order valence-electron chi connectivity index (χ4n) is 5.10. The Morgan fingerprint density at radius 1 is 1.12 bits per heavy atom. The first-order valence-corrected chi connectivity index (χ1v) is 11.9. The van der Waals surface area contributed by atoms with Crippen LogP contribution >= 0.6 is 0 Å². The summed E-state index contributed by atoms with van der Waals surface area (Å²) in [4.78, 5) is 19.4. The van der Waals surface area contributed by atoms with Gasteiger partial charge in [0.25, 0.3) is 0 Å². The lowest BCUT2D eigenvalue weighted by Gasteiger charge is -2.30. The van der Waals surface area contributed by atoms with Crippen LogP contribution in [0, 0.1) is 6.92 Å². The van der Waals surface area contributed by atoms with Crippen LogP contribution in [0.25, 0.3) is 22.3 Å². The second kappa shape index (κ2) is 8.27. The maximum absolute atomic E-state index is 12.8. The zero-order chi connectivity index (χ0) is 23.2. The molecule has 2 aromatic carbocycles. The van der Waals surface area contributed by atoms with E-state index in [1.54, 1.807) is 0 Å². The highest BCUT2D eigenvalue weighted by atomic mass is 16.5. The van der Waals surface area contributed by atoms with Gasteiger partial charge in [-0.3, -0.25) is 4.68 Å². The average Bonchev–Trinajstić information content (AvgIpc) is 3.34. The molecule has 1 saturated carbocycles. The molecule has 0 radical (unpaired) electrons. The lowest BCUT2D eigenvalue weighted by Crippen LogP contribution is -2.45. The van der Waals surface area contributed by atoms with Crippen molar-refractivity contribution >= 4 is 16.9 Å². The van der Waals surface area contributed by atoms with Gasteiger partial charge in [0.1, 0.15) is 0 Å². The first kappa shape index (κ1) is 20.9. The van der Waals surface area contributed by atoms with Gasteiger partial charge in [0.2, 0.25) is 11.7 Å². The van der Waals surface area contributed by atoms with Crippen molar-refractivity contribution in [1.82, 2.24) is 30.1 Å². The third kappa shape index (κ3) is 3.83. The number of nitrogens with one attached hydrogen (secondary N) is 1. The van der Waals surface area contributed by atoms with E-state index in [-0.39, 0.29) is 18.0 Å². The van der Waals surface area contributed by atoms with Crippen LogP contribution in [0.4, 0.5) is 4.79 Å². The van der Waals surface area contributed by atoms with E-state index in [9.17, 15) is 4.79 Å². The van der Waals surface area contributed by atoms with E-state index in [0.29, 0.717) is 30.7 Å². The van der Waals surface area contributed by atoms with Crippen LogP contribution in [-0.4, -0.2) is 50.0 Å². The summed E-state index contributed by atoms with van der Waals surface area (Å²) in [7, 11) is 1.94. The van der Waals surface area contributed by atoms with Crippen molar-refractivity contribution in [1.29, 1.82) is 0 Å². The average molecular weight is 457 g/mol. The summed E-state index contributed by atoms with van der Waals surface area (Å²) in [5, 5.41) is 13.0. The molecule has 3 heterocycles. The van der Waals surface area contributed by atoms with Gasteiger partial charge < -0.3 is 14.7 Å². The molecule has 1 saturated heterocycles. The lowest BCUT2D eigenvalue weighted by molar-refractivity contribution is 0.174. The molecular formula is C26H28N6O2. The Kier molecular flexibility index (Phi) is 5.08. The van der Waals surface area contributed by atoms with Crippen LogP contribution in [0.2, 0.25) is 0 Å². The van der Waals surface area contributed by atoms with Crippen molar-refractivity contribution in [3.05, 3.63) is 65.7 Å².